The summed E-state index contributed by atoms with van der Waals surface area (Å²) >= 11 is 1.61. The van der Waals surface area contributed by atoms with Crippen LogP contribution in [-0.4, -0.2) is 48.6 Å². The molecule has 1 aliphatic heterocycles. The van der Waals surface area contributed by atoms with Crippen molar-refractivity contribution in [2.75, 3.05) is 27.9 Å². The summed E-state index contributed by atoms with van der Waals surface area (Å²) < 4.78 is 17.6. The molecule has 3 heterocycles. The van der Waals surface area contributed by atoms with Crippen LogP contribution < -0.4 is 19.8 Å². The Morgan fingerprint density at radius 2 is 1.81 bits per heavy atom. The molecule has 8 nitrogen and oxygen atoms in total. The second-order valence-corrected chi connectivity index (χ2v) is 9.69. The van der Waals surface area contributed by atoms with E-state index in [1.807, 2.05) is 6.07 Å². The quantitative estimate of drug-likeness (QED) is 0.351. The van der Waals surface area contributed by atoms with Crippen molar-refractivity contribution >= 4 is 27.8 Å². The van der Waals surface area contributed by atoms with Crippen LogP contribution in [0.5, 0.6) is 17.2 Å². The SMILES string of the molecule is COc1cc(/C=N/n2c(C)nc3sc4c(c3c2=O)CCN(Cc2ccccc2)C4)cc(OC)c1OC. The molecule has 9 heteroatoms. The van der Waals surface area contributed by atoms with Crippen molar-refractivity contribution in [3.8, 4) is 17.2 Å². The fraction of sp³-hybridized carbons (Fsp3) is 0.296. The molecule has 0 spiro atoms. The van der Waals surface area contributed by atoms with Gasteiger partial charge in [-0.3, -0.25) is 9.69 Å². The van der Waals surface area contributed by atoms with Gasteiger partial charge in [0.15, 0.2) is 11.5 Å². The number of fused-ring (bicyclic) bond motifs is 3. The Morgan fingerprint density at radius 3 is 2.47 bits per heavy atom. The molecule has 0 N–H and O–H groups in total. The Balaban J connectivity index is 1.47. The number of thiophene rings is 1. The molecule has 186 valence electrons. The van der Waals surface area contributed by atoms with E-state index in [1.165, 1.54) is 15.1 Å². The highest BCUT2D eigenvalue weighted by atomic mass is 32.1. The van der Waals surface area contributed by atoms with E-state index in [4.69, 9.17) is 19.2 Å². The maximum Gasteiger partial charge on any atom is 0.283 e. The largest absolute Gasteiger partial charge is 0.493 e. The molecule has 0 amide bonds. The summed E-state index contributed by atoms with van der Waals surface area (Å²) in [5.74, 6) is 2.07. The van der Waals surface area contributed by atoms with Crippen LogP contribution in [0.4, 0.5) is 0 Å². The summed E-state index contributed by atoms with van der Waals surface area (Å²) in [7, 11) is 4.68. The zero-order valence-electron chi connectivity index (χ0n) is 20.8. The maximum atomic E-state index is 13.6. The van der Waals surface area contributed by atoms with Gasteiger partial charge in [-0.15, -0.1) is 11.3 Å². The summed E-state index contributed by atoms with van der Waals surface area (Å²) in [5, 5.41) is 5.17. The first-order valence-corrected chi connectivity index (χ1v) is 12.5. The van der Waals surface area contributed by atoms with E-state index in [1.54, 1.807) is 57.9 Å². The molecular weight excluding hydrogens is 476 g/mol. The number of benzene rings is 2. The third-order valence-corrected chi connectivity index (χ3v) is 7.46. The van der Waals surface area contributed by atoms with Gasteiger partial charge >= 0.3 is 0 Å². The number of methoxy groups -OCH3 is 3. The summed E-state index contributed by atoms with van der Waals surface area (Å²) in [5.41, 5.74) is 2.96. The first-order chi connectivity index (χ1) is 17.5. The molecule has 4 aromatic rings. The minimum atomic E-state index is -0.143. The van der Waals surface area contributed by atoms with E-state index in [9.17, 15) is 4.79 Å². The van der Waals surface area contributed by atoms with Crippen molar-refractivity contribution in [2.45, 2.75) is 26.4 Å². The first-order valence-electron chi connectivity index (χ1n) is 11.7. The number of hydrogen-bond donors (Lipinski definition) is 0. The van der Waals surface area contributed by atoms with Crippen LogP contribution in [0.25, 0.3) is 10.2 Å². The first kappa shape index (κ1) is 24.0. The van der Waals surface area contributed by atoms with Gasteiger partial charge < -0.3 is 14.2 Å². The fourth-order valence-corrected chi connectivity index (χ4v) is 5.90. The molecule has 2 aromatic heterocycles. The third kappa shape index (κ3) is 4.47. The topological polar surface area (TPSA) is 78.2 Å². The van der Waals surface area contributed by atoms with Crippen molar-refractivity contribution in [1.82, 2.24) is 14.6 Å². The number of hydrogen-bond acceptors (Lipinski definition) is 8. The molecule has 36 heavy (non-hydrogen) atoms. The van der Waals surface area contributed by atoms with Crippen LogP contribution in [0.15, 0.2) is 52.4 Å². The minimum absolute atomic E-state index is 0.143. The van der Waals surface area contributed by atoms with Gasteiger partial charge in [-0.25, -0.2) is 4.98 Å². The van der Waals surface area contributed by atoms with Gasteiger partial charge in [-0.1, -0.05) is 30.3 Å². The van der Waals surface area contributed by atoms with Crippen molar-refractivity contribution in [1.29, 1.82) is 0 Å². The summed E-state index contributed by atoms with van der Waals surface area (Å²) in [6.45, 7) is 4.41. The lowest BCUT2D eigenvalue weighted by Crippen LogP contribution is -2.30. The average molecular weight is 505 g/mol. The maximum absolute atomic E-state index is 13.6. The molecule has 0 saturated carbocycles. The van der Waals surface area contributed by atoms with Crippen molar-refractivity contribution in [2.24, 2.45) is 5.10 Å². The predicted molar refractivity (Wildman–Crippen MR) is 142 cm³/mol. The van der Waals surface area contributed by atoms with Crippen LogP contribution >= 0.6 is 11.3 Å². The molecule has 5 rings (SSSR count). The molecule has 0 aliphatic carbocycles. The summed E-state index contributed by atoms with van der Waals surface area (Å²) in [6.07, 6.45) is 2.42. The number of nitrogens with zero attached hydrogens (tertiary/aromatic N) is 4. The zero-order chi connectivity index (χ0) is 25.2. The Labute approximate surface area is 213 Å². The van der Waals surface area contributed by atoms with E-state index >= 15 is 0 Å². The number of ether oxygens (including phenoxy) is 3. The van der Waals surface area contributed by atoms with Crippen LogP contribution in [-0.2, 0) is 19.5 Å². The van der Waals surface area contributed by atoms with E-state index in [2.05, 4.69) is 34.3 Å². The molecule has 0 fully saturated rings. The molecular formula is C27H28N4O4S. The molecule has 0 atom stereocenters. The second kappa shape index (κ2) is 10.1. The van der Waals surface area contributed by atoms with Crippen LogP contribution in [0.3, 0.4) is 0 Å². The highest BCUT2D eigenvalue weighted by Gasteiger charge is 2.24. The lowest BCUT2D eigenvalue weighted by atomic mass is 10.0. The Kier molecular flexibility index (Phi) is 6.75. The van der Waals surface area contributed by atoms with Crippen LogP contribution in [0, 0.1) is 6.92 Å². The summed E-state index contributed by atoms with van der Waals surface area (Å²) in [6, 6.07) is 14.0. The highest BCUT2D eigenvalue weighted by Crippen LogP contribution is 2.38. The summed E-state index contributed by atoms with van der Waals surface area (Å²) in [4.78, 5) is 22.7. The third-order valence-electron chi connectivity index (χ3n) is 6.35. The lowest BCUT2D eigenvalue weighted by molar-refractivity contribution is 0.249. The number of rotatable bonds is 7. The van der Waals surface area contributed by atoms with Crippen molar-refractivity contribution < 1.29 is 14.2 Å². The molecule has 0 bridgehead atoms. The molecule has 0 saturated heterocycles. The lowest BCUT2D eigenvalue weighted by Gasteiger charge is -2.26. The van der Waals surface area contributed by atoms with Gasteiger partial charge in [0.25, 0.3) is 5.56 Å². The van der Waals surface area contributed by atoms with E-state index < -0.39 is 0 Å². The van der Waals surface area contributed by atoms with Gasteiger partial charge in [0.05, 0.1) is 32.9 Å². The molecule has 2 aromatic carbocycles. The standard InChI is InChI=1S/C27H28N4O4S/c1-17-29-26-24(20-10-11-30(16-23(20)36-26)15-18-8-6-5-7-9-18)27(32)31(17)28-14-19-12-21(33-2)25(35-4)22(13-19)34-3/h5-9,12-14H,10-11,15-16H2,1-4H3/b28-14+. The van der Waals surface area contributed by atoms with Crippen LogP contribution in [0.1, 0.15) is 27.4 Å². The number of aryl methyl sites for hydroxylation is 1. The van der Waals surface area contributed by atoms with Crippen molar-refractivity contribution in [3.63, 3.8) is 0 Å². The van der Waals surface area contributed by atoms with Crippen LogP contribution in [0.2, 0.25) is 0 Å². The second-order valence-electron chi connectivity index (χ2n) is 8.61. The monoisotopic (exact) mass is 504 g/mol. The molecule has 0 radical (unpaired) electrons. The van der Waals surface area contributed by atoms with Gasteiger partial charge in [0.2, 0.25) is 5.75 Å². The Morgan fingerprint density at radius 1 is 1.08 bits per heavy atom. The molecule has 1 aliphatic rings. The smallest absolute Gasteiger partial charge is 0.283 e. The van der Waals surface area contributed by atoms with E-state index in [0.29, 0.717) is 34.0 Å². The normalized spacial score (nSPS) is 13.8. The molecule has 0 unspecified atom stereocenters. The van der Waals surface area contributed by atoms with E-state index in [-0.39, 0.29) is 5.56 Å². The Hall–Kier alpha value is -3.69. The average Bonchev–Trinajstić information content (AvgIpc) is 3.25. The fourth-order valence-electron chi connectivity index (χ4n) is 4.60. The van der Waals surface area contributed by atoms with E-state index in [0.717, 1.165) is 36.4 Å². The van der Waals surface area contributed by atoms with Gasteiger partial charge in [-0.05, 0) is 36.6 Å². The zero-order valence-corrected chi connectivity index (χ0v) is 21.6. The van der Waals surface area contributed by atoms with Gasteiger partial charge in [0, 0.05) is 30.1 Å². The van der Waals surface area contributed by atoms with Gasteiger partial charge in [0.1, 0.15) is 10.7 Å². The number of aromatic nitrogens is 2. The van der Waals surface area contributed by atoms with Gasteiger partial charge in [-0.2, -0.15) is 9.78 Å². The van der Waals surface area contributed by atoms with Crippen molar-refractivity contribution in [3.05, 3.63) is 80.2 Å². The highest BCUT2D eigenvalue weighted by molar-refractivity contribution is 7.18. The predicted octanol–water partition coefficient (Wildman–Crippen LogP) is 4.23. The Bertz CT molecular complexity index is 1470. The minimum Gasteiger partial charge on any atom is -0.493 e.